The number of hydrogen-bond donors (Lipinski definition) is 3. The molecule has 1 saturated heterocycles. The van der Waals surface area contributed by atoms with Crippen molar-refractivity contribution in [1.29, 1.82) is 0 Å². The van der Waals surface area contributed by atoms with Crippen LogP contribution in [-0.4, -0.2) is 69.7 Å². The van der Waals surface area contributed by atoms with Gasteiger partial charge < -0.3 is 15.5 Å². The number of anilines is 2. The molecule has 0 aliphatic carbocycles. The molecule has 3 aromatic carbocycles. The van der Waals surface area contributed by atoms with E-state index in [0.717, 1.165) is 23.1 Å². The highest BCUT2D eigenvalue weighted by molar-refractivity contribution is 7.92. The van der Waals surface area contributed by atoms with Crippen LogP contribution in [0.2, 0.25) is 5.02 Å². The SMILES string of the molecule is CS(=O)(=O)Nc1ccccc1N1CCN(C(=O)[C@@H](Cc2ccc(Cl)cc2)N[C@@H](Cc2ccccc2)C(N)=O)CC1. The summed E-state index contributed by atoms with van der Waals surface area (Å²) in [5, 5.41) is 3.85. The Kier molecular flexibility index (Phi) is 9.67. The van der Waals surface area contributed by atoms with Gasteiger partial charge >= 0.3 is 0 Å². The molecule has 212 valence electrons. The van der Waals surface area contributed by atoms with Gasteiger partial charge in [0.25, 0.3) is 0 Å². The highest BCUT2D eigenvalue weighted by Crippen LogP contribution is 2.27. The number of carbonyl (C=O) groups is 2. The summed E-state index contributed by atoms with van der Waals surface area (Å²) in [5.74, 6) is -0.658. The monoisotopic (exact) mass is 583 g/mol. The third-order valence-electron chi connectivity index (χ3n) is 6.81. The van der Waals surface area contributed by atoms with E-state index >= 15 is 0 Å². The van der Waals surface area contributed by atoms with Gasteiger partial charge in [0.1, 0.15) is 0 Å². The van der Waals surface area contributed by atoms with Crippen molar-refractivity contribution in [2.75, 3.05) is 42.1 Å². The number of sulfonamides is 1. The molecule has 40 heavy (non-hydrogen) atoms. The maximum atomic E-state index is 13.9. The van der Waals surface area contributed by atoms with Crippen LogP contribution >= 0.6 is 11.6 Å². The number of carbonyl (C=O) groups excluding carboxylic acids is 2. The zero-order valence-electron chi connectivity index (χ0n) is 22.3. The second kappa shape index (κ2) is 13.2. The zero-order chi connectivity index (χ0) is 28.7. The summed E-state index contributed by atoms with van der Waals surface area (Å²) < 4.78 is 26.3. The van der Waals surface area contributed by atoms with E-state index in [1.807, 2.05) is 54.6 Å². The van der Waals surface area contributed by atoms with Gasteiger partial charge in [0.2, 0.25) is 21.8 Å². The van der Waals surface area contributed by atoms with Gasteiger partial charge in [-0.1, -0.05) is 66.2 Å². The van der Waals surface area contributed by atoms with E-state index < -0.39 is 28.0 Å². The quantitative estimate of drug-likeness (QED) is 0.319. The molecule has 3 aromatic rings. The molecule has 11 heteroatoms. The normalized spacial score (nSPS) is 15.3. The molecule has 4 N–H and O–H groups in total. The van der Waals surface area contributed by atoms with Crippen LogP contribution in [0.1, 0.15) is 11.1 Å². The predicted molar refractivity (Wildman–Crippen MR) is 159 cm³/mol. The van der Waals surface area contributed by atoms with Crippen molar-refractivity contribution in [1.82, 2.24) is 10.2 Å². The molecule has 9 nitrogen and oxygen atoms in total. The number of amides is 2. The molecule has 4 rings (SSSR count). The van der Waals surface area contributed by atoms with Crippen LogP contribution in [0, 0.1) is 0 Å². The third-order valence-corrected chi connectivity index (χ3v) is 7.65. The summed E-state index contributed by atoms with van der Waals surface area (Å²) in [6, 6.07) is 22.6. The van der Waals surface area contributed by atoms with E-state index in [1.54, 1.807) is 29.2 Å². The summed E-state index contributed by atoms with van der Waals surface area (Å²) in [7, 11) is -3.44. The number of benzene rings is 3. The van der Waals surface area contributed by atoms with Crippen molar-refractivity contribution in [3.8, 4) is 0 Å². The van der Waals surface area contributed by atoms with Crippen LogP contribution in [-0.2, 0) is 32.5 Å². The van der Waals surface area contributed by atoms with Gasteiger partial charge in [0.15, 0.2) is 0 Å². The number of nitrogens with two attached hydrogens (primary N) is 1. The lowest BCUT2D eigenvalue weighted by Crippen LogP contribution is -2.58. The lowest BCUT2D eigenvalue weighted by Gasteiger charge is -2.38. The van der Waals surface area contributed by atoms with E-state index in [9.17, 15) is 18.0 Å². The number of rotatable bonds is 11. The predicted octanol–water partition coefficient (Wildman–Crippen LogP) is 2.66. The van der Waals surface area contributed by atoms with Crippen molar-refractivity contribution in [2.45, 2.75) is 24.9 Å². The van der Waals surface area contributed by atoms with Crippen molar-refractivity contribution in [3.63, 3.8) is 0 Å². The first-order valence-electron chi connectivity index (χ1n) is 13.0. The van der Waals surface area contributed by atoms with Gasteiger partial charge in [-0.3, -0.25) is 19.6 Å². The fourth-order valence-electron chi connectivity index (χ4n) is 4.83. The van der Waals surface area contributed by atoms with E-state index in [1.165, 1.54) is 0 Å². The Labute approximate surface area is 240 Å². The van der Waals surface area contributed by atoms with Crippen LogP contribution < -0.4 is 20.7 Å². The summed E-state index contributed by atoms with van der Waals surface area (Å²) in [6.45, 7) is 1.91. The van der Waals surface area contributed by atoms with Crippen molar-refractivity contribution >= 4 is 44.8 Å². The fourth-order valence-corrected chi connectivity index (χ4v) is 5.53. The van der Waals surface area contributed by atoms with Gasteiger partial charge in [-0.05, 0) is 48.2 Å². The van der Waals surface area contributed by atoms with Crippen LogP contribution in [0.5, 0.6) is 0 Å². The largest absolute Gasteiger partial charge is 0.368 e. The molecule has 1 aliphatic rings. The molecule has 0 radical (unpaired) electrons. The molecule has 0 saturated carbocycles. The fraction of sp³-hybridized carbons (Fsp3) is 0.310. The Morgan fingerprint density at radius 1 is 0.850 bits per heavy atom. The highest BCUT2D eigenvalue weighted by atomic mass is 35.5. The molecule has 0 bridgehead atoms. The summed E-state index contributed by atoms with van der Waals surface area (Å²) in [6.07, 6.45) is 1.83. The van der Waals surface area contributed by atoms with E-state index in [4.69, 9.17) is 17.3 Å². The van der Waals surface area contributed by atoms with E-state index in [2.05, 4.69) is 14.9 Å². The second-order valence-corrected chi connectivity index (χ2v) is 12.1. The van der Waals surface area contributed by atoms with Crippen LogP contribution in [0.25, 0.3) is 0 Å². The Morgan fingerprint density at radius 2 is 1.43 bits per heavy atom. The van der Waals surface area contributed by atoms with Gasteiger partial charge in [-0.25, -0.2) is 8.42 Å². The number of hydrogen-bond acceptors (Lipinski definition) is 6. The number of nitrogens with zero attached hydrogens (tertiary/aromatic N) is 2. The lowest BCUT2D eigenvalue weighted by molar-refractivity contribution is -0.134. The Bertz CT molecular complexity index is 1410. The number of halogens is 1. The maximum absolute atomic E-state index is 13.9. The van der Waals surface area contributed by atoms with E-state index in [-0.39, 0.29) is 5.91 Å². The molecule has 0 aromatic heterocycles. The van der Waals surface area contributed by atoms with E-state index in [0.29, 0.717) is 49.7 Å². The highest BCUT2D eigenvalue weighted by Gasteiger charge is 2.31. The number of primary amides is 1. The second-order valence-electron chi connectivity index (χ2n) is 9.90. The average Bonchev–Trinajstić information content (AvgIpc) is 2.93. The van der Waals surface area contributed by atoms with Crippen LogP contribution in [0.3, 0.4) is 0 Å². The molecule has 0 unspecified atom stereocenters. The smallest absolute Gasteiger partial charge is 0.240 e. The van der Waals surface area contributed by atoms with Crippen LogP contribution in [0.4, 0.5) is 11.4 Å². The third kappa shape index (κ3) is 8.20. The minimum absolute atomic E-state index is 0.128. The Balaban J connectivity index is 1.50. The molecular weight excluding hydrogens is 550 g/mol. The first-order chi connectivity index (χ1) is 19.1. The zero-order valence-corrected chi connectivity index (χ0v) is 23.9. The van der Waals surface area contributed by atoms with Crippen molar-refractivity contribution in [2.24, 2.45) is 5.73 Å². The summed E-state index contributed by atoms with van der Waals surface area (Å²) >= 11 is 6.06. The minimum atomic E-state index is -3.44. The van der Waals surface area contributed by atoms with Gasteiger partial charge in [-0.2, -0.15) is 0 Å². The summed E-state index contributed by atoms with van der Waals surface area (Å²) in [4.78, 5) is 30.1. The Hall–Kier alpha value is -3.60. The topological polar surface area (TPSA) is 125 Å². The van der Waals surface area contributed by atoms with Gasteiger partial charge in [0.05, 0.1) is 29.7 Å². The van der Waals surface area contributed by atoms with Crippen molar-refractivity contribution < 1.29 is 18.0 Å². The first-order valence-corrected chi connectivity index (χ1v) is 15.3. The minimum Gasteiger partial charge on any atom is -0.368 e. The number of nitrogens with one attached hydrogen (secondary N) is 2. The maximum Gasteiger partial charge on any atom is 0.240 e. The molecular formula is C29H34ClN5O4S. The number of para-hydroxylation sites is 2. The number of piperazine rings is 1. The molecule has 1 aliphatic heterocycles. The van der Waals surface area contributed by atoms with Crippen LogP contribution in [0.15, 0.2) is 78.9 Å². The average molecular weight is 584 g/mol. The molecule has 2 atom stereocenters. The standard InChI is InChI=1S/C29H34ClN5O4S/c1-40(38,39)33-24-9-5-6-10-27(24)34-15-17-35(18-16-34)29(37)26(20-22-11-13-23(30)14-12-22)32-25(28(31)36)19-21-7-3-2-4-8-21/h2-14,25-26,32-33H,15-20H2,1H3,(H2,31,36)/t25-,26+/m0/s1. The molecule has 1 fully saturated rings. The summed E-state index contributed by atoms with van der Waals surface area (Å²) in [5.41, 5.74) is 8.86. The lowest BCUT2D eigenvalue weighted by atomic mass is 10.00. The molecule has 0 spiro atoms. The Morgan fingerprint density at radius 3 is 2.05 bits per heavy atom. The molecule has 2 amide bonds. The first kappa shape index (κ1) is 29.4. The van der Waals surface area contributed by atoms with Gasteiger partial charge in [0, 0.05) is 31.2 Å². The van der Waals surface area contributed by atoms with Gasteiger partial charge in [-0.15, -0.1) is 0 Å². The van der Waals surface area contributed by atoms with Crippen molar-refractivity contribution in [3.05, 3.63) is 95.0 Å². The molecule has 1 heterocycles.